The fraction of sp³-hybridized carbons (Fsp3) is 0.750. The highest BCUT2D eigenvalue weighted by atomic mass is 16.5. The van der Waals surface area contributed by atoms with Crippen molar-refractivity contribution in [3.8, 4) is 0 Å². The summed E-state index contributed by atoms with van der Waals surface area (Å²) in [4.78, 5) is 11.2. The third kappa shape index (κ3) is 4.30. The quantitative estimate of drug-likeness (QED) is 0.837. The van der Waals surface area contributed by atoms with E-state index in [1.807, 2.05) is 0 Å². The van der Waals surface area contributed by atoms with E-state index >= 15 is 0 Å². The molecular weight excluding hydrogens is 264 g/mol. The Balaban J connectivity index is 2.09. The van der Waals surface area contributed by atoms with Crippen LogP contribution in [0.25, 0.3) is 0 Å². The van der Waals surface area contributed by atoms with Crippen molar-refractivity contribution in [2.75, 3.05) is 43.6 Å². The van der Waals surface area contributed by atoms with E-state index in [-0.39, 0.29) is 0 Å². The molecule has 1 aromatic heterocycles. The van der Waals surface area contributed by atoms with Crippen molar-refractivity contribution in [2.24, 2.45) is 5.92 Å². The fourth-order valence-electron chi connectivity index (χ4n) is 2.88. The van der Waals surface area contributed by atoms with Crippen molar-refractivity contribution < 1.29 is 4.74 Å². The van der Waals surface area contributed by atoms with Crippen LogP contribution >= 0.6 is 0 Å². The SMILES string of the molecule is CCCNc1ncnc(N(C)CC2CCCOC2)c1CC. The number of nitrogens with zero attached hydrogens (tertiary/aromatic N) is 3. The molecule has 2 heterocycles. The van der Waals surface area contributed by atoms with Crippen LogP contribution in [0.3, 0.4) is 0 Å². The zero-order valence-corrected chi connectivity index (χ0v) is 13.6. The van der Waals surface area contributed by atoms with E-state index in [0.29, 0.717) is 5.92 Å². The van der Waals surface area contributed by atoms with Crippen molar-refractivity contribution in [2.45, 2.75) is 39.5 Å². The molecular formula is C16H28N4O. The Kier molecular flexibility index (Phi) is 6.23. The second-order valence-electron chi connectivity index (χ2n) is 5.77. The Morgan fingerprint density at radius 3 is 2.90 bits per heavy atom. The second kappa shape index (κ2) is 8.17. The molecule has 0 aliphatic carbocycles. The Morgan fingerprint density at radius 1 is 1.38 bits per heavy atom. The maximum absolute atomic E-state index is 5.58. The first kappa shape index (κ1) is 16.0. The van der Waals surface area contributed by atoms with E-state index in [1.165, 1.54) is 18.4 Å². The van der Waals surface area contributed by atoms with E-state index in [1.54, 1.807) is 6.33 Å². The molecule has 1 atom stereocenters. The van der Waals surface area contributed by atoms with Gasteiger partial charge in [0.25, 0.3) is 0 Å². The molecule has 118 valence electrons. The van der Waals surface area contributed by atoms with Gasteiger partial charge < -0.3 is 15.0 Å². The fourth-order valence-corrected chi connectivity index (χ4v) is 2.88. The van der Waals surface area contributed by atoms with E-state index in [2.05, 4.69) is 41.1 Å². The molecule has 1 aliphatic heterocycles. The summed E-state index contributed by atoms with van der Waals surface area (Å²) in [5, 5.41) is 3.41. The third-order valence-corrected chi connectivity index (χ3v) is 3.97. The molecule has 0 amide bonds. The van der Waals surface area contributed by atoms with Crippen LogP contribution in [0.1, 0.15) is 38.7 Å². The lowest BCUT2D eigenvalue weighted by Crippen LogP contribution is -2.32. The monoisotopic (exact) mass is 292 g/mol. The highest BCUT2D eigenvalue weighted by Crippen LogP contribution is 2.25. The molecule has 1 fully saturated rings. The van der Waals surface area contributed by atoms with Gasteiger partial charge in [-0.2, -0.15) is 0 Å². The molecule has 1 aromatic rings. The van der Waals surface area contributed by atoms with Crippen LogP contribution < -0.4 is 10.2 Å². The van der Waals surface area contributed by atoms with Crippen LogP contribution in [0.2, 0.25) is 0 Å². The summed E-state index contributed by atoms with van der Waals surface area (Å²) in [5.41, 5.74) is 1.21. The van der Waals surface area contributed by atoms with E-state index in [0.717, 1.165) is 50.8 Å². The largest absolute Gasteiger partial charge is 0.381 e. The van der Waals surface area contributed by atoms with Crippen molar-refractivity contribution in [3.63, 3.8) is 0 Å². The van der Waals surface area contributed by atoms with Crippen molar-refractivity contribution >= 4 is 11.6 Å². The summed E-state index contributed by atoms with van der Waals surface area (Å²) in [6.45, 7) is 8.06. The van der Waals surface area contributed by atoms with Crippen LogP contribution in [-0.4, -0.2) is 43.3 Å². The van der Waals surface area contributed by atoms with Crippen LogP contribution in [0, 0.1) is 5.92 Å². The lowest BCUT2D eigenvalue weighted by atomic mass is 10.0. The number of hydrogen-bond donors (Lipinski definition) is 1. The van der Waals surface area contributed by atoms with Gasteiger partial charge in [0.15, 0.2) is 0 Å². The first-order valence-electron chi connectivity index (χ1n) is 8.12. The maximum Gasteiger partial charge on any atom is 0.137 e. The number of rotatable bonds is 7. The Labute approximate surface area is 128 Å². The number of aromatic nitrogens is 2. The summed E-state index contributed by atoms with van der Waals surface area (Å²) in [5.74, 6) is 2.64. The maximum atomic E-state index is 5.58. The van der Waals surface area contributed by atoms with Crippen molar-refractivity contribution in [1.29, 1.82) is 0 Å². The van der Waals surface area contributed by atoms with Gasteiger partial charge in [-0.25, -0.2) is 9.97 Å². The van der Waals surface area contributed by atoms with Gasteiger partial charge in [0.05, 0.1) is 6.61 Å². The number of hydrogen-bond acceptors (Lipinski definition) is 5. The van der Waals surface area contributed by atoms with Crippen LogP contribution in [0.4, 0.5) is 11.6 Å². The van der Waals surface area contributed by atoms with Crippen molar-refractivity contribution in [1.82, 2.24) is 9.97 Å². The molecule has 0 saturated carbocycles. The van der Waals surface area contributed by atoms with Gasteiger partial charge in [0, 0.05) is 32.3 Å². The molecule has 0 aromatic carbocycles. The third-order valence-electron chi connectivity index (χ3n) is 3.97. The topological polar surface area (TPSA) is 50.3 Å². The number of anilines is 2. The van der Waals surface area contributed by atoms with E-state index < -0.39 is 0 Å². The van der Waals surface area contributed by atoms with E-state index in [4.69, 9.17) is 4.74 Å². The van der Waals surface area contributed by atoms with Gasteiger partial charge in [0.1, 0.15) is 18.0 Å². The van der Waals surface area contributed by atoms with Crippen molar-refractivity contribution in [3.05, 3.63) is 11.9 Å². The predicted octanol–water partition coefficient (Wildman–Crippen LogP) is 2.72. The number of ether oxygens (including phenoxy) is 1. The molecule has 0 radical (unpaired) electrons. The Bertz CT molecular complexity index is 432. The van der Waals surface area contributed by atoms with E-state index in [9.17, 15) is 0 Å². The highest BCUT2D eigenvalue weighted by Gasteiger charge is 2.19. The lowest BCUT2D eigenvalue weighted by molar-refractivity contribution is 0.0576. The van der Waals surface area contributed by atoms with Gasteiger partial charge >= 0.3 is 0 Å². The molecule has 1 saturated heterocycles. The minimum absolute atomic E-state index is 0.607. The molecule has 2 rings (SSSR count). The average molecular weight is 292 g/mol. The summed E-state index contributed by atoms with van der Waals surface area (Å²) in [6, 6.07) is 0. The van der Waals surface area contributed by atoms with Gasteiger partial charge in [-0.3, -0.25) is 0 Å². The molecule has 1 unspecified atom stereocenters. The van der Waals surface area contributed by atoms with Crippen LogP contribution in [-0.2, 0) is 11.2 Å². The van der Waals surface area contributed by atoms with Gasteiger partial charge in [-0.1, -0.05) is 13.8 Å². The van der Waals surface area contributed by atoms with Gasteiger partial charge in [-0.05, 0) is 31.6 Å². The predicted molar refractivity (Wildman–Crippen MR) is 87.0 cm³/mol. The average Bonchev–Trinajstić information content (AvgIpc) is 2.53. The first-order valence-corrected chi connectivity index (χ1v) is 8.12. The Hall–Kier alpha value is -1.36. The summed E-state index contributed by atoms with van der Waals surface area (Å²) < 4.78 is 5.58. The second-order valence-corrected chi connectivity index (χ2v) is 5.77. The van der Waals surface area contributed by atoms with Crippen LogP contribution in [0.15, 0.2) is 6.33 Å². The normalized spacial score (nSPS) is 18.5. The molecule has 21 heavy (non-hydrogen) atoms. The van der Waals surface area contributed by atoms with Gasteiger partial charge in [-0.15, -0.1) is 0 Å². The minimum atomic E-state index is 0.607. The molecule has 0 spiro atoms. The molecule has 0 bridgehead atoms. The minimum Gasteiger partial charge on any atom is -0.381 e. The molecule has 5 nitrogen and oxygen atoms in total. The smallest absolute Gasteiger partial charge is 0.137 e. The molecule has 1 aliphatic rings. The molecule has 5 heteroatoms. The Morgan fingerprint density at radius 2 is 2.24 bits per heavy atom. The summed E-state index contributed by atoms with van der Waals surface area (Å²) in [7, 11) is 2.12. The van der Waals surface area contributed by atoms with Crippen LogP contribution in [0.5, 0.6) is 0 Å². The molecule has 1 N–H and O–H groups in total. The number of nitrogens with one attached hydrogen (secondary N) is 1. The standard InChI is InChI=1S/C16H28N4O/c1-4-8-17-15-14(5-2)16(19-12-18-15)20(3)10-13-7-6-9-21-11-13/h12-13H,4-11H2,1-3H3,(H,17,18,19). The van der Waals surface area contributed by atoms with Gasteiger partial charge in [0.2, 0.25) is 0 Å². The first-order chi connectivity index (χ1) is 10.3. The lowest BCUT2D eigenvalue weighted by Gasteiger charge is -2.29. The summed E-state index contributed by atoms with van der Waals surface area (Å²) in [6.07, 6.45) is 6.12. The zero-order valence-electron chi connectivity index (χ0n) is 13.6. The summed E-state index contributed by atoms with van der Waals surface area (Å²) >= 11 is 0. The zero-order chi connectivity index (χ0) is 15.1. The highest BCUT2D eigenvalue weighted by molar-refractivity contribution is 5.58.